The normalized spacial score (nSPS) is 12.8. The van der Waals surface area contributed by atoms with Crippen LogP contribution in [0.25, 0.3) is 0 Å². The van der Waals surface area contributed by atoms with Crippen molar-refractivity contribution in [2.24, 2.45) is 0 Å². The summed E-state index contributed by atoms with van der Waals surface area (Å²) in [5.74, 6) is -0.0572. The Morgan fingerprint density at radius 3 is 0.929 bits per heavy atom. The zero-order chi connectivity index (χ0) is 61.3. The summed E-state index contributed by atoms with van der Waals surface area (Å²) in [6.45, 7) is 4.92. The van der Waals surface area contributed by atoms with Crippen molar-refractivity contribution in [3.8, 4) is 0 Å². The predicted octanol–water partition coefficient (Wildman–Crippen LogP) is 25.2. The number of carbonyl (C=O) groups excluding carboxylic acids is 2. The first-order valence-electron chi connectivity index (χ1n) is 38.4. The molecule has 85 heavy (non-hydrogen) atoms. The van der Waals surface area contributed by atoms with Crippen LogP contribution < -0.4 is 5.32 Å². The zero-order valence-electron chi connectivity index (χ0n) is 57.4. The van der Waals surface area contributed by atoms with E-state index in [1.54, 1.807) is 6.08 Å². The lowest BCUT2D eigenvalue weighted by Gasteiger charge is -2.20. The van der Waals surface area contributed by atoms with E-state index in [0.717, 1.165) is 51.4 Å². The lowest BCUT2D eigenvalue weighted by Crippen LogP contribution is -2.45. The molecule has 0 heterocycles. The smallest absolute Gasteiger partial charge is 0.305 e. The summed E-state index contributed by atoms with van der Waals surface area (Å²) in [6.07, 6.45) is 97.8. The van der Waals surface area contributed by atoms with Crippen LogP contribution in [0.15, 0.2) is 48.6 Å². The first kappa shape index (κ1) is 82.8. The summed E-state index contributed by atoms with van der Waals surface area (Å²) < 4.78 is 5.51. The van der Waals surface area contributed by atoms with Crippen molar-refractivity contribution in [1.29, 1.82) is 0 Å². The molecule has 0 bridgehead atoms. The second kappa shape index (κ2) is 74.3. The van der Waals surface area contributed by atoms with Gasteiger partial charge in [0.2, 0.25) is 5.91 Å². The maximum absolute atomic E-state index is 12.5. The van der Waals surface area contributed by atoms with Gasteiger partial charge >= 0.3 is 5.97 Å². The van der Waals surface area contributed by atoms with Crippen LogP contribution in [0.4, 0.5) is 0 Å². The van der Waals surface area contributed by atoms with Crippen LogP contribution in [0.5, 0.6) is 0 Å². The molecule has 0 aromatic heterocycles. The Balaban J connectivity index is 3.42. The summed E-state index contributed by atoms with van der Waals surface area (Å²) in [5.41, 5.74) is 0. The molecule has 2 unspecified atom stereocenters. The number of carbonyl (C=O) groups is 2. The summed E-state index contributed by atoms with van der Waals surface area (Å²) in [7, 11) is 0. The highest BCUT2D eigenvalue weighted by Crippen LogP contribution is 2.19. The number of aliphatic hydroxyl groups excluding tert-OH is 2. The molecule has 500 valence electrons. The highest BCUT2D eigenvalue weighted by atomic mass is 16.5. The predicted molar refractivity (Wildman–Crippen MR) is 375 cm³/mol. The third-order valence-electron chi connectivity index (χ3n) is 17.8. The lowest BCUT2D eigenvalue weighted by molar-refractivity contribution is -0.143. The van der Waals surface area contributed by atoms with Crippen molar-refractivity contribution in [3.63, 3.8) is 0 Å². The van der Waals surface area contributed by atoms with Gasteiger partial charge in [0.25, 0.3) is 0 Å². The number of aliphatic hydroxyl groups is 2. The fourth-order valence-electron chi connectivity index (χ4n) is 12.0. The molecule has 0 aliphatic rings. The molecular formula is C79H149NO5. The molecule has 0 aliphatic carbocycles. The topological polar surface area (TPSA) is 95.9 Å². The van der Waals surface area contributed by atoms with Gasteiger partial charge in [-0.2, -0.15) is 0 Å². The largest absolute Gasteiger partial charge is 0.466 e. The van der Waals surface area contributed by atoms with Crippen LogP contribution in [0.1, 0.15) is 418 Å². The van der Waals surface area contributed by atoms with Crippen LogP contribution in [0.3, 0.4) is 0 Å². The molecule has 2 atom stereocenters. The lowest BCUT2D eigenvalue weighted by atomic mass is 10.0. The molecule has 6 heteroatoms. The van der Waals surface area contributed by atoms with Crippen molar-refractivity contribution in [2.45, 2.75) is 431 Å². The van der Waals surface area contributed by atoms with Gasteiger partial charge in [-0.3, -0.25) is 9.59 Å². The van der Waals surface area contributed by atoms with Crippen LogP contribution in [0.2, 0.25) is 0 Å². The van der Waals surface area contributed by atoms with E-state index < -0.39 is 12.1 Å². The molecule has 6 nitrogen and oxygen atoms in total. The van der Waals surface area contributed by atoms with E-state index in [0.29, 0.717) is 19.4 Å². The van der Waals surface area contributed by atoms with E-state index in [-0.39, 0.29) is 18.5 Å². The third-order valence-corrected chi connectivity index (χ3v) is 17.8. The minimum atomic E-state index is -0.849. The van der Waals surface area contributed by atoms with Crippen LogP contribution >= 0.6 is 0 Å². The van der Waals surface area contributed by atoms with Crippen molar-refractivity contribution in [1.82, 2.24) is 5.32 Å². The quantitative estimate of drug-likeness (QED) is 0.0320. The van der Waals surface area contributed by atoms with E-state index in [4.69, 9.17) is 4.74 Å². The molecule has 0 rings (SSSR count). The van der Waals surface area contributed by atoms with E-state index in [1.807, 2.05) is 6.08 Å². The Bertz CT molecular complexity index is 1420. The number of unbranched alkanes of at least 4 members (excludes halogenated alkanes) is 55. The van der Waals surface area contributed by atoms with Gasteiger partial charge < -0.3 is 20.3 Å². The fraction of sp³-hybridized carbons (Fsp3) is 0.873. The molecule has 3 N–H and O–H groups in total. The Kier molecular flexibility index (Phi) is 72.4. The molecule has 0 fully saturated rings. The number of nitrogens with one attached hydrogen (secondary N) is 1. The van der Waals surface area contributed by atoms with E-state index in [9.17, 15) is 19.8 Å². The highest BCUT2D eigenvalue weighted by Gasteiger charge is 2.18. The second-order valence-corrected chi connectivity index (χ2v) is 26.3. The van der Waals surface area contributed by atoms with Crippen molar-refractivity contribution < 1.29 is 24.5 Å². The molecule has 0 radical (unpaired) electrons. The van der Waals surface area contributed by atoms with E-state index in [2.05, 4.69) is 55.6 Å². The highest BCUT2D eigenvalue weighted by molar-refractivity contribution is 5.76. The Hall–Kier alpha value is -2.18. The van der Waals surface area contributed by atoms with Gasteiger partial charge in [0.15, 0.2) is 0 Å². The number of allylic oxidation sites excluding steroid dienone is 7. The molecule has 0 saturated heterocycles. The number of hydrogen-bond acceptors (Lipinski definition) is 5. The molecule has 0 aliphatic heterocycles. The number of amides is 1. The van der Waals surface area contributed by atoms with Gasteiger partial charge in [-0.1, -0.05) is 364 Å². The number of rotatable bonds is 72. The first-order chi connectivity index (χ1) is 42.0. The maximum atomic E-state index is 12.5. The monoisotopic (exact) mass is 1190 g/mol. The van der Waals surface area contributed by atoms with Gasteiger partial charge in [0.05, 0.1) is 25.4 Å². The standard InChI is InChI=1S/C79H149NO5/c1-3-5-7-9-11-13-15-17-19-21-23-24-25-29-32-36-39-43-47-51-55-59-63-67-71-77(82)76(75-81)80-78(83)72-68-64-60-56-52-48-44-40-37-33-30-27-26-28-31-34-38-42-46-50-54-58-62-66-70-74-85-79(84)73-69-65-61-57-53-49-45-41-35-22-20-18-16-14-12-10-8-6-4-2/h12,14,18,20,27,30,67,71,76-77,81-82H,3-11,13,15-17,19,21-26,28-29,31-66,68-70,72-75H2,1-2H3,(H,80,83)/b14-12-,20-18-,30-27-,71-67+. The molecule has 0 saturated carbocycles. The summed E-state index contributed by atoms with van der Waals surface area (Å²) >= 11 is 0. The third kappa shape index (κ3) is 70.8. The first-order valence-corrected chi connectivity index (χ1v) is 38.4. The summed E-state index contributed by atoms with van der Waals surface area (Å²) in [6, 6.07) is -0.633. The van der Waals surface area contributed by atoms with E-state index >= 15 is 0 Å². The molecule has 0 spiro atoms. The number of esters is 1. The van der Waals surface area contributed by atoms with Crippen molar-refractivity contribution >= 4 is 11.9 Å². The minimum absolute atomic E-state index is 0.00982. The van der Waals surface area contributed by atoms with Gasteiger partial charge in [0.1, 0.15) is 0 Å². The summed E-state index contributed by atoms with van der Waals surface area (Å²) in [5, 5.41) is 23.3. The zero-order valence-corrected chi connectivity index (χ0v) is 57.4. The SMILES string of the molecule is CCCCC/C=C\C/C=C\CCCCCCCCCCCC(=O)OCCCCCCCCCCCCCC/C=C\CCCCCCCCCCCC(=O)NC(CO)C(O)/C=C/CCCCCCCCCCCCCCCCCCCCCCCC. The average molecular weight is 1190 g/mol. The Morgan fingerprint density at radius 1 is 0.329 bits per heavy atom. The summed E-state index contributed by atoms with van der Waals surface area (Å²) in [4.78, 5) is 24.7. The van der Waals surface area contributed by atoms with Crippen molar-refractivity contribution in [2.75, 3.05) is 13.2 Å². The average Bonchev–Trinajstić information content (AvgIpc) is 3.51. The fourth-order valence-corrected chi connectivity index (χ4v) is 12.0. The van der Waals surface area contributed by atoms with Gasteiger partial charge in [0, 0.05) is 12.8 Å². The van der Waals surface area contributed by atoms with Gasteiger partial charge in [-0.25, -0.2) is 0 Å². The van der Waals surface area contributed by atoms with Gasteiger partial charge in [-0.15, -0.1) is 0 Å². The second-order valence-electron chi connectivity index (χ2n) is 26.3. The van der Waals surface area contributed by atoms with Crippen molar-refractivity contribution in [3.05, 3.63) is 48.6 Å². The van der Waals surface area contributed by atoms with Crippen LogP contribution in [-0.2, 0) is 14.3 Å². The van der Waals surface area contributed by atoms with Crippen LogP contribution in [0, 0.1) is 0 Å². The Labute approximate surface area is 531 Å². The molecule has 0 aromatic rings. The number of hydrogen-bond donors (Lipinski definition) is 3. The minimum Gasteiger partial charge on any atom is -0.466 e. The number of ether oxygens (including phenoxy) is 1. The molecular weight excluding hydrogens is 1040 g/mol. The van der Waals surface area contributed by atoms with E-state index in [1.165, 1.54) is 340 Å². The van der Waals surface area contributed by atoms with Crippen LogP contribution in [-0.4, -0.2) is 47.4 Å². The molecule has 0 aromatic carbocycles. The maximum Gasteiger partial charge on any atom is 0.305 e. The molecule has 1 amide bonds. The Morgan fingerprint density at radius 2 is 0.588 bits per heavy atom. The van der Waals surface area contributed by atoms with Gasteiger partial charge in [-0.05, 0) is 89.9 Å².